The van der Waals surface area contributed by atoms with Crippen LogP contribution in [0.5, 0.6) is 11.5 Å². The predicted molar refractivity (Wildman–Crippen MR) is 104 cm³/mol. The monoisotopic (exact) mass is 387 g/mol. The molecule has 0 atom stereocenters. The first kappa shape index (κ1) is 19.8. The second-order valence-corrected chi connectivity index (χ2v) is 6.21. The van der Waals surface area contributed by atoms with E-state index in [9.17, 15) is 4.79 Å². The first-order valence-electron chi connectivity index (χ1n) is 9.10. The summed E-state index contributed by atoms with van der Waals surface area (Å²) in [5.41, 5.74) is 1.05. The number of ether oxygens (including phenoxy) is 3. The van der Waals surface area contributed by atoms with E-state index < -0.39 is 0 Å². The molecule has 1 saturated heterocycles. The van der Waals surface area contributed by atoms with Gasteiger partial charge in [0.15, 0.2) is 23.0 Å². The van der Waals surface area contributed by atoms with Crippen LogP contribution in [-0.4, -0.2) is 74.6 Å². The molecular formula is C19H25N5O4. The highest BCUT2D eigenvalue weighted by molar-refractivity contribution is 5.92. The SMILES string of the molecule is COc1ccc(Nc2ccc(C(=O)NCCN3CCOCC3)nn2)cc1OC. The molecule has 1 amide bonds. The number of carbonyl (C=O) groups excluding carboxylic acids is 1. The number of carbonyl (C=O) groups is 1. The Morgan fingerprint density at radius 2 is 1.89 bits per heavy atom. The van der Waals surface area contributed by atoms with Crippen LogP contribution in [0, 0.1) is 0 Å². The summed E-state index contributed by atoms with van der Waals surface area (Å²) < 4.78 is 15.8. The Balaban J connectivity index is 1.52. The zero-order chi connectivity index (χ0) is 19.8. The van der Waals surface area contributed by atoms with Gasteiger partial charge in [-0.05, 0) is 24.3 Å². The van der Waals surface area contributed by atoms with E-state index in [-0.39, 0.29) is 11.6 Å². The molecule has 150 valence electrons. The Hall–Kier alpha value is -2.91. The molecular weight excluding hydrogens is 362 g/mol. The molecule has 0 aliphatic carbocycles. The van der Waals surface area contributed by atoms with E-state index in [1.165, 1.54) is 0 Å². The Bertz CT molecular complexity index is 778. The van der Waals surface area contributed by atoms with Crippen molar-refractivity contribution in [1.82, 2.24) is 20.4 Å². The van der Waals surface area contributed by atoms with Crippen LogP contribution < -0.4 is 20.1 Å². The summed E-state index contributed by atoms with van der Waals surface area (Å²) in [5.74, 6) is 1.54. The molecule has 0 bridgehead atoms. The fourth-order valence-corrected chi connectivity index (χ4v) is 2.82. The summed E-state index contributed by atoms with van der Waals surface area (Å²) in [7, 11) is 3.16. The fraction of sp³-hybridized carbons (Fsp3) is 0.421. The van der Waals surface area contributed by atoms with Crippen LogP contribution in [0.15, 0.2) is 30.3 Å². The van der Waals surface area contributed by atoms with E-state index in [2.05, 4.69) is 25.7 Å². The summed E-state index contributed by atoms with van der Waals surface area (Å²) in [4.78, 5) is 14.5. The van der Waals surface area contributed by atoms with Crippen LogP contribution in [0.2, 0.25) is 0 Å². The normalized spacial score (nSPS) is 14.4. The van der Waals surface area contributed by atoms with Gasteiger partial charge >= 0.3 is 0 Å². The molecule has 0 saturated carbocycles. The first-order chi connectivity index (χ1) is 13.7. The number of methoxy groups -OCH3 is 2. The topological polar surface area (TPSA) is 97.8 Å². The molecule has 3 rings (SSSR count). The van der Waals surface area contributed by atoms with Crippen LogP contribution in [-0.2, 0) is 4.74 Å². The van der Waals surface area contributed by atoms with Crippen molar-refractivity contribution in [2.45, 2.75) is 0 Å². The Kier molecular flexibility index (Phi) is 6.99. The van der Waals surface area contributed by atoms with Gasteiger partial charge in [-0.25, -0.2) is 0 Å². The number of nitrogens with zero attached hydrogens (tertiary/aromatic N) is 3. The van der Waals surface area contributed by atoms with Gasteiger partial charge in [0, 0.05) is 37.9 Å². The van der Waals surface area contributed by atoms with Crippen LogP contribution in [0.3, 0.4) is 0 Å². The zero-order valence-electron chi connectivity index (χ0n) is 16.1. The van der Waals surface area contributed by atoms with Gasteiger partial charge < -0.3 is 24.8 Å². The van der Waals surface area contributed by atoms with Crippen LogP contribution in [0.1, 0.15) is 10.5 Å². The minimum Gasteiger partial charge on any atom is -0.493 e. The van der Waals surface area contributed by atoms with Crippen molar-refractivity contribution in [2.75, 3.05) is 58.9 Å². The average Bonchev–Trinajstić information content (AvgIpc) is 2.75. The highest BCUT2D eigenvalue weighted by Crippen LogP contribution is 2.30. The lowest BCUT2D eigenvalue weighted by Gasteiger charge is -2.26. The summed E-state index contributed by atoms with van der Waals surface area (Å²) in [6, 6.07) is 8.79. The summed E-state index contributed by atoms with van der Waals surface area (Å²) in [6.45, 7) is 4.63. The molecule has 1 aliphatic heterocycles. The van der Waals surface area contributed by atoms with Crippen molar-refractivity contribution in [1.29, 1.82) is 0 Å². The van der Waals surface area contributed by atoms with E-state index in [1.807, 2.05) is 6.07 Å². The van der Waals surface area contributed by atoms with Gasteiger partial charge in [-0.1, -0.05) is 0 Å². The number of hydrogen-bond donors (Lipinski definition) is 2. The van der Waals surface area contributed by atoms with Gasteiger partial charge in [0.25, 0.3) is 5.91 Å². The second-order valence-electron chi connectivity index (χ2n) is 6.21. The quantitative estimate of drug-likeness (QED) is 0.700. The molecule has 9 nitrogen and oxygen atoms in total. The number of anilines is 2. The standard InChI is InChI=1S/C19H25N5O4/c1-26-16-5-3-14(13-17(16)27-2)21-18-6-4-15(22-23-18)19(25)20-7-8-24-9-11-28-12-10-24/h3-6,13H,7-12H2,1-2H3,(H,20,25)(H,21,23). The van der Waals surface area contributed by atoms with Crippen molar-refractivity contribution in [3.05, 3.63) is 36.0 Å². The van der Waals surface area contributed by atoms with E-state index in [1.54, 1.807) is 38.5 Å². The number of amides is 1. The molecule has 1 aromatic heterocycles. The third-order valence-corrected chi connectivity index (χ3v) is 4.37. The second kappa shape index (κ2) is 9.86. The fourth-order valence-electron chi connectivity index (χ4n) is 2.82. The average molecular weight is 387 g/mol. The number of benzene rings is 1. The molecule has 0 spiro atoms. The van der Waals surface area contributed by atoms with Crippen molar-refractivity contribution >= 4 is 17.4 Å². The number of nitrogens with one attached hydrogen (secondary N) is 2. The highest BCUT2D eigenvalue weighted by Gasteiger charge is 2.12. The van der Waals surface area contributed by atoms with Gasteiger partial charge in [0.2, 0.25) is 0 Å². The number of aromatic nitrogens is 2. The van der Waals surface area contributed by atoms with Gasteiger partial charge in [-0.2, -0.15) is 0 Å². The highest BCUT2D eigenvalue weighted by atomic mass is 16.5. The molecule has 9 heteroatoms. The van der Waals surface area contributed by atoms with Crippen LogP contribution >= 0.6 is 0 Å². The lowest BCUT2D eigenvalue weighted by atomic mass is 10.2. The van der Waals surface area contributed by atoms with Crippen LogP contribution in [0.4, 0.5) is 11.5 Å². The third-order valence-electron chi connectivity index (χ3n) is 4.37. The number of hydrogen-bond acceptors (Lipinski definition) is 8. The van der Waals surface area contributed by atoms with Crippen molar-refractivity contribution in [3.63, 3.8) is 0 Å². The molecule has 1 aromatic carbocycles. The van der Waals surface area contributed by atoms with Gasteiger partial charge in [0.1, 0.15) is 0 Å². The maximum absolute atomic E-state index is 12.2. The first-order valence-corrected chi connectivity index (χ1v) is 9.10. The van der Waals surface area contributed by atoms with E-state index in [0.717, 1.165) is 38.5 Å². The van der Waals surface area contributed by atoms with E-state index >= 15 is 0 Å². The molecule has 2 heterocycles. The Labute approximate surface area is 164 Å². The van der Waals surface area contributed by atoms with Gasteiger partial charge in [-0.3, -0.25) is 9.69 Å². The van der Waals surface area contributed by atoms with Gasteiger partial charge in [-0.15, -0.1) is 10.2 Å². The van der Waals surface area contributed by atoms with E-state index in [4.69, 9.17) is 14.2 Å². The summed E-state index contributed by atoms with van der Waals surface area (Å²) in [5, 5.41) is 14.1. The minimum absolute atomic E-state index is 0.238. The molecule has 0 radical (unpaired) electrons. The van der Waals surface area contributed by atoms with Gasteiger partial charge in [0.05, 0.1) is 27.4 Å². The van der Waals surface area contributed by atoms with Crippen molar-refractivity contribution < 1.29 is 19.0 Å². The summed E-state index contributed by atoms with van der Waals surface area (Å²) >= 11 is 0. The maximum Gasteiger partial charge on any atom is 0.271 e. The lowest BCUT2D eigenvalue weighted by Crippen LogP contribution is -2.41. The zero-order valence-corrected chi connectivity index (χ0v) is 16.1. The number of rotatable bonds is 8. The Morgan fingerprint density at radius 1 is 1.11 bits per heavy atom. The molecule has 1 fully saturated rings. The molecule has 28 heavy (non-hydrogen) atoms. The molecule has 1 aliphatic rings. The number of morpholine rings is 1. The van der Waals surface area contributed by atoms with E-state index in [0.29, 0.717) is 23.9 Å². The third kappa shape index (κ3) is 5.30. The minimum atomic E-state index is -0.238. The Morgan fingerprint density at radius 3 is 2.57 bits per heavy atom. The summed E-state index contributed by atoms with van der Waals surface area (Å²) in [6.07, 6.45) is 0. The maximum atomic E-state index is 12.2. The van der Waals surface area contributed by atoms with Crippen molar-refractivity contribution in [3.8, 4) is 11.5 Å². The molecule has 2 aromatic rings. The molecule has 2 N–H and O–H groups in total. The van der Waals surface area contributed by atoms with Crippen LogP contribution in [0.25, 0.3) is 0 Å². The predicted octanol–water partition coefficient (Wildman–Crippen LogP) is 1.30. The lowest BCUT2D eigenvalue weighted by molar-refractivity contribution is 0.0383. The van der Waals surface area contributed by atoms with Crippen molar-refractivity contribution in [2.24, 2.45) is 0 Å². The largest absolute Gasteiger partial charge is 0.493 e. The smallest absolute Gasteiger partial charge is 0.271 e. The molecule has 0 unspecified atom stereocenters.